The normalized spacial score (nSPS) is 15.9. The molecule has 0 aliphatic carbocycles. The zero-order chi connectivity index (χ0) is 21.7. The maximum absolute atomic E-state index is 13.5. The summed E-state index contributed by atoms with van der Waals surface area (Å²) in [6.45, 7) is 9.82. The van der Waals surface area contributed by atoms with Crippen LogP contribution in [0.3, 0.4) is 0 Å². The van der Waals surface area contributed by atoms with Crippen LogP contribution >= 0.6 is 11.3 Å². The van der Waals surface area contributed by atoms with Gasteiger partial charge in [0.05, 0.1) is 12.6 Å². The van der Waals surface area contributed by atoms with Gasteiger partial charge in [0.2, 0.25) is 11.8 Å². The van der Waals surface area contributed by atoms with Crippen LogP contribution in [0.15, 0.2) is 35.7 Å². The van der Waals surface area contributed by atoms with Crippen molar-refractivity contribution in [2.45, 2.75) is 59.4 Å². The third-order valence-corrected chi connectivity index (χ3v) is 6.72. The summed E-state index contributed by atoms with van der Waals surface area (Å²) in [7, 11) is 0. The van der Waals surface area contributed by atoms with E-state index in [1.807, 2.05) is 18.7 Å². The SMILES string of the molecule is CCCCN(CC(=O)N1CCc2sccc2[C@@H]1c1ccc(C)cc1)C(=O)CC(C)C. The van der Waals surface area contributed by atoms with Crippen LogP contribution in [0.4, 0.5) is 0 Å². The highest BCUT2D eigenvalue weighted by Gasteiger charge is 2.33. The minimum absolute atomic E-state index is 0.0469. The molecule has 0 N–H and O–H groups in total. The van der Waals surface area contributed by atoms with Crippen LogP contribution in [-0.4, -0.2) is 41.2 Å². The van der Waals surface area contributed by atoms with Gasteiger partial charge in [-0.05, 0) is 48.3 Å². The topological polar surface area (TPSA) is 40.6 Å². The molecule has 0 saturated heterocycles. The molecule has 0 spiro atoms. The van der Waals surface area contributed by atoms with E-state index in [2.05, 4.69) is 49.6 Å². The van der Waals surface area contributed by atoms with Crippen LogP contribution in [0.25, 0.3) is 0 Å². The Balaban J connectivity index is 1.84. The van der Waals surface area contributed by atoms with Crippen molar-refractivity contribution in [3.8, 4) is 0 Å². The minimum Gasteiger partial charge on any atom is -0.333 e. The summed E-state index contributed by atoms with van der Waals surface area (Å²) in [6.07, 6.45) is 3.31. The fourth-order valence-corrected chi connectivity index (χ4v) is 4.97. The minimum atomic E-state index is -0.0682. The summed E-state index contributed by atoms with van der Waals surface area (Å²) in [5.74, 6) is 0.429. The maximum Gasteiger partial charge on any atom is 0.242 e. The van der Waals surface area contributed by atoms with Crippen molar-refractivity contribution in [3.05, 3.63) is 57.3 Å². The molecule has 2 heterocycles. The van der Waals surface area contributed by atoms with Crippen LogP contribution in [-0.2, 0) is 16.0 Å². The van der Waals surface area contributed by atoms with E-state index >= 15 is 0 Å². The summed E-state index contributed by atoms with van der Waals surface area (Å²) in [4.78, 5) is 31.4. The Morgan fingerprint density at radius 1 is 1.20 bits per heavy atom. The van der Waals surface area contributed by atoms with Crippen molar-refractivity contribution in [3.63, 3.8) is 0 Å². The predicted molar refractivity (Wildman–Crippen MR) is 124 cm³/mol. The molecular weight excluding hydrogens is 392 g/mol. The number of rotatable bonds is 8. The van der Waals surface area contributed by atoms with Crippen LogP contribution in [0.5, 0.6) is 0 Å². The van der Waals surface area contributed by atoms with Crippen molar-refractivity contribution in [1.29, 1.82) is 0 Å². The van der Waals surface area contributed by atoms with Gasteiger partial charge in [0.15, 0.2) is 0 Å². The van der Waals surface area contributed by atoms with E-state index < -0.39 is 0 Å². The van der Waals surface area contributed by atoms with E-state index in [-0.39, 0.29) is 24.4 Å². The Kier molecular flexibility index (Phi) is 7.70. The molecule has 1 aliphatic rings. The van der Waals surface area contributed by atoms with Crippen molar-refractivity contribution >= 4 is 23.2 Å². The number of thiophene rings is 1. The second kappa shape index (κ2) is 10.3. The lowest BCUT2D eigenvalue weighted by molar-refractivity contribution is -0.142. The molecular formula is C25H34N2O2S. The second-order valence-electron chi connectivity index (χ2n) is 8.72. The van der Waals surface area contributed by atoms with Gasteiger partial charge in [-0.3, -0.25) is 9.59 Å². The number of carbonyl (C=O) groups is 2. The first kappa shape index (κ1) is 22.5. The number of benzene rings is 1. The summed E-state index contributed by atoms with van der Waals surface area (Å²) in [6, 6.07) is 10.6. The number of amides is 2. The monoisotopic (exact) mass is 426 g/mol. The summed E-state index contributed by atoms with van der Waals surface area (Å²) in [5, 5.41) is 2.12. The maximum atomic E-state index is 13.5. The average Bonchev–Trinajstić information content (AvgIpc) is 3.19. The molecule has 2 amide bonds. The molecule has 30 heavy (non-hydrogen) atoms. The van der Waals surface area contributed by atoms with Crippen LogP contribution in [0.1, 0.15) is 67.6 Å². The second-order valence-corrected chi connectivity index (χ2v) is 9.72. The first-order valence-electron chi connectivity index (χ1n) is 11.1. The highest BCUT2D eigenvalue weighted by molar-refractivity contribution is 7.10. The molecule has 0 fully saturated rings. The molecule has 1 atom stereocenters. The number of carbonyl (C=O) groups excluding carboxylic acids is 2. The number of fused-ring (bicyclic) bond motifs is 1. The van der Waals surface area contributed by atoms with Gasteiger partial charge in [0, 0.05) is 24.4 Å². The lowest BCUT2D eigenvalue weighted by Gasteiger charge is -2.37. The smallest absolute Gasteiger partial charge is 0.242 e. The number of hydrogen-bond donors (Lipinski definition) is 0. The van der Waals surface area contributed by atoms with Gasteiger partial charge in [0.1, 0.15) is 0 Å². The molecule has 4 nitrogen and oxygen atoms in total. The summed E-state index contributed by atoms with van der Waals surface area (Å²) in [5.41, 5.74) is 3.59. The molecule has 1 aliphatic heterocycles. The zero-order valence-corrected chi connectivity index (χ0v) is 19.5. The summed E-state index contributed by atoms with van der Waals surface area (Å²) < 4.78 is 0. The number of unbranched alkanes of at least 4 members (excludes halogenated alkanes) is 1. The Labute approximate surface area is 184 Å². The first-order valence-corrected chi connectivity index (χ1v) is 12.0. The van der Waals surface area contributed by atoms with Crippen LogP contribution in [0, 0.1) is 12.8 Å². The van der Waals surface area contributed by atoms with Crippen molar-refractivity contribution < 1.29 is 9.59 Å². The van der Waals surface area contributed by atoms with Gasteiger partial charge in [-0.2, -0.15) is 0 Å². The highest BCUT2D eigenvalue weighted by atomic mass is 32.1. The number of hydrogen-bond acceptors (Lipinski definition) is 3. The third-order valence-electron chi connectivity index (χ3n) is 5.72. The van der Waals surface area contributed by atoms with Crippen LogP contribution < -0.4 is 0 Å². The predicted octanol–water partition coefficient (Wildman–Crippen LogP) is 5.21. The standard InChI is InChI=1S/C25H34N2O2S/c1-5-6-13-26(23(28)16-18(2)3)17-24(29)27-14-11-22-21(12-15-30-22)25(27)20-9-7-19(4)8-10-20/h7-10,12,15,18,25H,5-6,11,13-14,16-17H2,1-4H3/t25-/m0/s1. The largest absolute Gasteiger partial charge is 0.333 e. The molecule has 162 valence electrons. The first-order chi connectivity index (χ1) is 14.4. The van der Waals surface area contributed by atoms with Crippen LogP contribution in [0.2, 0.25) is 0 Å². The van der Waals surface area contributed by atoms with E-state index in [1.165, 1.54) is 16.0 Å². The fraction of sp³-hybridized carbons (Fsp3) is 0.520. The molecule has 0 radical (unpaired) electrons. The van der Waals surface area contributed by atoms with Gasteiger partial charge in [0.25, 0.3) is 0 Å². The van der Waals surface area contributed by atoms with Gasteiger partial charge >= 0.3 is 0 Å². The Hall–Kier alpha value is -2.14. The van der Waals surface area contributed by atoms with E-state index in [0.29, 0.717) is 25.4 Å². The molecule has 5 heteroatoms. The molecule has 2 aromatic rings. The Morgan fingerprint density at radius 2 is 1.93 bits per heavy atom. The number of nitrogens with zero attached hydrogens (tertiary/aromatic N) is 2. The van der Waals surface area contributed by atoms with Crippen molar-refractivity contribution in [1.82, 2.24) is 9.80 Å². The van der Waals surface area contributed by atoms with Crippen molar-refractivity contribution in [2.24, 2.45) is 5.92 Å². The highest BCUT2D eigenvalue weighted by Crippen LogP contribution is 2.38. The molecule has 0 bridgehead atoms. The van der Waals surface area contributed by atoms with E-state index in [9.17, 15) is 9.59 Å². The van der Waals surface area contributed by atoms with E-state index in [1.54, 1.807) is 16.2 Å². The Morgan fingerprint density at radius 3 is 2.60 bits per heavy atom. The van der Waals surface area contributed by atoms with Gasteiger partial charge in [-0.1, -0.05) is 57.0 Å². The van der Waals surface area contributed by atoms with Gasteiger partial charge in [-0.15, -0.1) is 11.3 Å². The average molecular weight is 427 g/mol. The molecule has 0 saturated carbocycles. The quantitative estimate of drug-likeness (QED) is 0.582. The lowest BCUT2D eigenvalue weighted by Crippen LogP contribution is -2.47. The van der Waals surface area contributed by atoms with Gasteiger partial charge in [-0.25, -0.2) is 0 Å². The molecule has 1 aromatic carbocycles. The van der Waals surface area contributed by atoms with E-state index in [0.717, 1.165) is 24.8 Å². The molecule has 3 rings (SSSR count). The lowest BCUT2D eigenvalue weighted by atomic mass is 9.92. The summed E-state index contributed by atoms with van der Waals surface area (Å²) >= 11 is 1.77. The zero-order valence-electron chi connectivity index (χ0n) is 18.7. The Bertz CT molecular complexity index is 856. The van der Waals surface area contributed by atoms with Gasteiger partial charge < -0.3 is 9.80 Å². The third kappa shape index (κ3) is 5.31. The van der Waals surface area contributed by atoms with Crippen molar-refractivity contribution in [2.75, 3.05) is 19.6 Å². The van der Waals surface area contributed by atoms with E-state index in [4.69, 9.17) is 0 Å². The number of aryl methyl sites for hydroxylation is 1. The molecule has 1 aromatic heterocycles. The fourth-order valence-electron chi connectivity index (χ4n) is 4.07. The molecule has 0 unspecified atom stereocenters.